The summed E-state index contributed by atoms with van der Waals surface area (Å²) < 4.78 is 0. The van der Waals surface area contributed by atoms with Gasteiger partial charge in [0, 0.05) is 11.8 Å². The molecule has 0 aromatic heterocycles. The van der Waals surface area contributed by atoms with E-state index in [-0.39, 0.29) is 5.92 Å². The molecule has 2 atom stereocenters. The van der Waals surface area contributed by atoms with E-state index < -0.39 is 0 Å². The van der Waals surface area contributed by atoms with Gasteiger partial charge in [0.15, 0.2) is 0 Å². The molecule has 0 saturated heterocycles. The van der Waals surface area contributed by atoms with Gasteiger partial charge in [-0.15, -0.1) is 0 Å². The van der Waals surface area contributed by atoms with Crippen LogP contribution in [0.4, 0.5) is 0 Å². The molecule has 0 fully saturated rings. The molecule has 0 aliphatic carbocycles. The van der Waals surface area contributed by atoms with Crippen molar-refractivity contribution >= 4 is 0 Å². The van der Waals surface area contributed by atoms with Gasteiger partial charge in [0.2, 0.25) is 0 Å². The van der Waals surface area contributed by atoms with Crippen molar-refractivity contribution < 1.29 is 0 Å². The molecule has 0 N–H and O–H groups in total. The van der Waals surface area contributed by atoms with Crippen molar-refractivity contribution in [3.05, 3.63) is 6.92 Å². The van der Waals surface area contributed by atoms with Crippen LogP contribution in [0, 0.1) is 30.6 Å². The Kier molecular flexibility index (Phi) is 5.12. The molecule has 0 rings (SSSR count). The molecule has 0 heteroatoms. The summed E-state index contributed by atoms with van der Waals surface area (Å²) in [5.74, 6) is 7.07. The molecule has 0 aliphatic rings. The third kappa shape index (κ3) is 5.69. The standard InChI is InChI=1S/C10H17/c1-5-6-10(4)8-7-9(2)3/h9-10H,2,5-6H2,1,3-4H3. The first kappa shape index (κ1) is 9.56. The first-order valence-electron chi connectivity index (χ1n) is 4.01. The highest BCUT2D eigenvalue weighted by atomic mass is 14.0. The fraction of sp³-hybridized carbons (Fsp3) is 0.700. The predicted octanol–water partition coefficient (Wildman–Crippen LogP) is 2.90. The first-order valence-corrected chi connectivity index (χ1v) is 4.01. The normalized spacial score (nSPS) is 12.5. The highest BCUT2D eigenvalue weighted by Gasteiger charge is 1.92. The Hall–Kier alpha value is -0.440. The van der Waals surface area contributed by atoms with E-state index in [1.165, 1.54) is 12.8 Å². The summed E-state index contributed by atoms with van der Waals surface area (Å²) in [6.07, 6.45) is 2.43. The SMILES string of the molecule is [CH2]C(C)C#CC(C)CCC. The molecular weight excluding hydrogens is 120 g/mol. The van der Waals surface area contributed by atoms with E-state index in [2.05, 4.69) is 32.6 Å². The van der Waals surface area contributed by atoms with Crippen LogP contribution in [0.15, 0.2) is 0 Å². The number of rotatable bonds is 2. The Morgan fingerprint density at radius 3 is 2.30 bits per heavy atom. The topological polar surface area (TPSA) is 0 Å². The van der Waals surface area contributed by atoms with Gasteiger partial charge < -0.3 is 0 Å². The van der Waals surface area contributed by atoms with Crippen molar-refractivity contribution in [3.8, 4) is 11.8 Å². The Labute approximate surface area is 65.0 Å². The lowest BCUT2D eigenvalue weighted by Gasteiger charge is -1.98. The van der Waals surface area contributed by atoms with E-state index in [1.807, 2.05) is 6.92 Å². The lowest BCUT2D eigenvalue weighted by Crippen LogP contribution is -1.89. The lowest BCUT2D eigenvalue weighted by atomic mass is 10.1. The van der Waals surface area contributed by atoms with Crippen molar-refractivity contribution in [3.63, 3.8) is 0 Å². The number of hydrogen-bond donors (Lipinski definition) is 0. The highest BCUT2D eigenvalue weighted by molar-refractivity contribution is 5.05. The van der Waals surface area contributed by atoms with Gasteiger partial charge in [-0.3, -0.25) is 0 Å². The molecule has 57 valence electrons. The predicted molar refractivity (Wildman–Crippen MR) is 46.4 cm³/mol. The second kappa shape index (κ2) is 5.35. The Morgan fingerprint density at radius 2 is 1.90 bits per heavy atom. The fourth-order valence-corrected chi connectivity index (χ4v) is 0.790. The lowest BCUT2D eigenvalue weighted by molar-refractivity contribution is 0.652. The van der Waals surface area contributed by atoms with E-state index in [4.69, 9.17) is 0 Å². The van der Waals surface area contributed by atoms with Crippen LogP contribution in [-0.4, -0.2) is 0 Å². The van der Waals surface area contributed by atoms with Crippen molar-refractivity contribution in [2.24, 2.45) is 11.8 Å². The second-order valence-corrected chi connectivity index (χ2v) is 2.88. The van der Waals surface area contributed by atoms with Crippen LogP contribution in [0.5, 0.6) is 0 Å². The van der Waals surface area contributed by atoms with Gasteiger partial charge in [0.05, 0.1) is 0 Å². The minimum atomic E-state index is 0.277. The Balaban J connectivity index is 3.57. The third-order valence-electron chi connectivity index (χ3n) is 1.30. The minimum absolute atomic E-state index is 0.277. The minimum Gasteiger partial charge on any atom is -0.0999 e. The fourth-order valence-electron chi connectivity index (χ4n) is 0.790. The van der Waals surface area contributed by atoms with Crippen LogP contribution in [0.25, 0.3) is 0 Å². The zero-order valence-electron chi connectivity index (χ0n) is 7.28. The maximum Gasteiger partial charge on any atom is 0.0175 e. The summed E-state index contributed by atoms with van der Waals surface area (Å²) in [6.45, 7) is 10.2. The zero-order chi connectivity index (χ0) is 7.98. The molecule has 0 aliphatic heterocycles. The molecule has 0 saturated carbocycles. The van der Waals surface area contributed by atoms with E-state index in [1.54, 1.807) is 0 Å². The van der Waals surface area contributed by atoms with E-state index in [9.17, 15) is 0 Å². The quantitative estimate of drug-likeness (QED) is 0.513. The van der Waals surface area contributed by atoms with Crippen LogP contribution in [0.2, 0.25) is 0 Å². The average Bonchev–Trinajstić information content (AvgIpc) is 1.85. The van der Waals surface area contributed by atoms with Crippen molar-refractivity contribution in [1.82, 2.24) is 0 Å². The summed E-state index contributed by atoms with van der Waals surface area (Å²) in [5.41, 5.74) is 0. The number of hydrogen-bond acceptors (Lipinski definition) is 0. The maximum atomic E-state index is 3.80. The summed E-state index contributed by atoms with van der Waals surface area (Å²) in [5, 5.41) is 0. The second-order valence-electron chi connectivity index (χ2n) is 2.88. The molecule has 0 nitrogen and oxygen atoms in total. The third-order valence-corrected chi connectivity index (χ3v) is 1.30. The molecule has 2 unspecified atom stereocenters. The Bertz CT molecular complexity index is 123. The van der Waals surface area contributed by atoms with Crippen LogP contribution in [0.3, 0.4) is 0 Å². The summed E-state index contributed by atoms with van der Waals surface area (Å²) >= 11 is 0. The van der Waals surface area contributed by atoms with Crippen LogP contribution < -0.4 is 0 Å². The van der Waals surface area contributed by atoms with Gasteiger partial charge in [-0.2, -0.15) is 0 Å². The van der Waals surface area contributed by atoms with Crippen LogP contribution >= 0.6 is 0 Å². The van der Waals surface area contributed by atoms with E-state index in [0.717, 1.165) is 0 Å². The molecule has 10 heavy (non-hydrogen) atoms. The summed E-state index contributed by atoms with van der Waals surface area (Å²) in [4.78, 5) is 0. The summed E-state index contributed by atoms with van der Waals surface area (Å²) in [6, 6.07) is 0. The smallest absolute Gasteiger partial charge is 0.0175 e. The molecular formula is C10H17. The Morgan fingerprint density at radius 1 is 1.30 bits per heavy atom. The van der Waals surface area contributed by atoms with Crippen molar-refractivity contribution in [1.29, 1.82) is 0 Å². The molecule has 0 amide bonds. The molecule has 1 radical (unpaired) electrons. The summed E-state index contributed by atoms with van der Waals surface area (Å²) in [7, 11) is 0. The van der Waals surface area contributed by atoms with Gasteiger partial charge in [-0.25, -0.2) is 0 Å². The van der Waals surface area contributed by atoms with Gasteiger partial charge in [-0.1, -0.05) is 39.0 Å². The highest BCUT2D eigenvalue weighted by Crippen LogP contribution is 2.02. The maximum absolute atomic E-state index is 3.80. The average molecular weight is 137 g/mol. The molecule has 0 aromatic rings. The van der Waals surface area contributed by atoms with Gasteiger partial charge in [-0.05, 0) is 13.3 Å². The molecule has 0 aromatic carbocycles. The van der Waals surface area contributed by atoms with Crippen molar-refractivity contribution in [2.75, 3.05) is 0 Å². The van der Waals surface area contributed by atoms with Crippen LogP contribution in [0.1, 0.15) is 33.6 Å². The van der Waals surface area contributed by atoms with E-state index in [0.29, 0.717) is 5.92 Å². The zero-order valence-corrected chi connectivity index (χ0v) is 7.28. The van der Waals surface area contributed by atoms with Gasteiger partial charge in [0.1, 0.15) is 0 Å². The molecule has 0 bridgehead atoms. The first-order chi connectivity index (χ1) is 4.66. The van der Waals surface area contributed by atoms with E-state index >= 15 is 0 Å². The monoisotopic (exact) mass is 137 g/mol. The van der Waals surface area contributed by atoms with Crippen LogP contribution in [-0.2, 0) is 0 Å². The largest absolute Gasteiger partial charge is 0.0999 e. The van der Waals surface area contributed by atoms with Gasteiger partial charge in [0.25, 0.3) is 0 Å². The van der Waals surface area contributed by atoms with Gasteiger partial charge >= 0.3 is 0 Å². The molecule has 0 spiro atoms. The molecule has 0 heterocycles. The van der Waals surface area contributed by atoms with Crippen molar-refractivity contribution in [2.45, 2.75) is 33.6 Å².